The second kappa shape index (κ2) is 4.59. The molecule has 0 aliphatic rings. The van der Waals surface area contributed by atoms with Crippen molar-refractivity contribution >= 4 is 15.9 Å². The second-order valence-electron chi connectivity index (χ2n) is 3.22. The molecule has 0 aliphatic heterocycles. The van der Waals surface area contributed by atoms with E-state index in [0.717, 1.165) is 27.7 Å². The summed E-state index contributed by atoms with van der Waals surface area (Å²) in [6.07, 6.45) is 2.39. The van der Waals surface area contributed by atoms with Crippen molar-refractivity contribution in [2.75, 3.05) is 6.54 Å². The van der Waals surface area contributed by atoms with Crippen LogP contribution in [0.2, 0.25) is 0 Å². The van der Waals surface area contributed by atoms with E-state index in [1.165, 1.54) is 0 Å². The van der Waals surface area contributed by atoms with Gasteiger partial charge in [-0.25, -0.2) is 0 Å². The van der Waals surface area contributed by atoms with E-state index in [-0.39, 0.29) is 0 Å². The maximum atomic E-state index is 5.51. The lowest BCUT2D eigenvalue weighted by atomic mass is 10.1. The first kappa shape index (κ1) is 10.4. The van der Waals surface area contributed by atoms with Gasteiger partial charge in [0.15, 0.2) is 0 Å². The number of aromatic nitrogens is 1. The van der Waals surface area contributed by atoms with Crippen LogP contribution in [0.3, 0.4) is 0 Å². The fraction of sp³-hybridized carbons (Fsp3) is 0.182. The molecule has 15 heavy (non-hydrogen) atoms. The SMILES string of the molecule is NCCc1nocc1-c1cccc(Br)c1. The van der Waals surface area contributed by atoms with Crippen LogP contribution in [-0.2, 0) is 6.42 Å². The monoisotopic (exact) mass is 266 g/mol. The number of nitrogens with zero attached hydrogens (tertiary/aromatic N) is 1. The van der Waals surface area contributed by atoms with Gasteiger partial charge in [-0.1, -0.05) is 33.2 Å². The highest BCUT2D eigenvalue weighted by atomic mass is 79.9. The van der Waals surface area contributed by atoms with E-state index in [1.807, 2.05) is 24.3 Å². The Morgan fingerprint density at radius 1 is 1.40 bits per heavy atom. The Kier molecular flexibility index (Phi) is 3.18. The van der Waals surface area contributed by atoms with Crippen LogP contribution in [0.25, 0.3) is 11.1 Å². The molecule has 1 aromatic carbocycles. The molecule has 0 amide bonds. The van der Waals surface area contributed by atoms with Gasteiger partial charge in [0, 0.05) is 16.5 Å². The fourth-order valence-corrected chi connectivity index (χ4v) is 1.87. The zero-order chi connectivity index (χ0) is 10.7. The summed E-state index contributed by atoms with van der Waals surface area (Å²) in [6, 6.07) is 8.03. The Morgan fingerprint density at radius 2 is 2.27 bits per heavy atom. The average molecular weight is 267 g/mol. The molecule has 0 aliphatic carbocycles. The Hall–Kier alpha value is -1.13. The van der Waals surface area contributed by atoms with Crippen LogP contribution >= 0.6 is 15.9 Å². The standard InChI is InChI=1S/C11H11BrN2O/c12-9-3-1-2-8(6-9)10-7-15-14-11(10)4-5-13/h1-3,6-7H,4-5,13H2. The number of nitrogens with two attached hydrogens (primary N) is 1. The average Bonchev–Trinajstić information content (AvgIpc) is 2.66. The van der Waals surface area contributed by atoms with Crippen molar-refractivity contribution in [3.8, 4) is 11.1 Å². The van der Waals surface area contributed by atoms with Crippen LogP contribution in [0.5, 0.6) is 0 Å². The summed E-state index contributed by atoms with van der Waals surface area (Å²) < 4.78 is 6.01. The van der Waals surface area contributed by atoms with E-state index < -0.39 is 0 Å². The molecule has 0 saturated carbocycles. The van der Waals surface area contributed by atoms with Crippen molar-refractivity contribution in [3.63, 3.8) is 0 Å². The van der Waals surface area contributed by atoms with Crippen molar-refractivity contribution in [2.45, 2.75) is 6.42 Å². The van der Waals surface area contributed by atoms with Crippen LogP contribution in [-0.4, -0.2) is 11.7 Å². The first-order chi connectivity index (χ1) is 7.31. The lowest BCUT2D eigenvalue weighted by Crippen LogP contribution is -2.03. The Balaban J connectivity index is 2.40. The summed E-state index contributed by atoms with van der Waals surface area (Å²) in [4.78, 5) is 0. The number of benzene rings is 1. The zero-order valence-electron chi connectivity index (χ0n) is 8.11. The first-order valence-electron chi connectivity index (χ1n) is 4.70. The number of hydrogen-bond acceptors (Lipinski definition) is 3. The molecule has 4 heteroatoms. The largest absolute Gasteiger partial charge is 0.364 e. The highest BCUT2D eigenvalue weighted by Crippen LogP contribution is 2.25. The van der Waals surface area contributed by atoms with Crippen molar-refractivity contribution in [1.82, 2.24) is 5.16 Å². The van der Waals surface area contributed by atoms with Gasteiger partial charge in [-0.2, -0.15) is 0 Å². The summed E-state index contributed by atoms with van der Waals surface area (Å²) >= 11 is 3.44. The summed E-state index contributed by atoms with van der Waals surface area (Å²) in [5.74, 6) is 0. The summed E-state index contributed by atoms with van der Waals surface area (Å²) in [5, 5.41) is 3.94. The normalized spacial score (nSPS) is 10.5. The number of hydrogen-bond donors (Lipinski definition) is 1. The molecule has 0 unspecified atom stereocenters. The maximum absolute atomic E-state index is 5.51. The van der Waals surface area contributed by atoms with Gasteiger partial charge in [0.25, 0.3) is 0 Å². The molecule has 0 spiro atoms. The fourth-order valence-electron chi connectivity index (χ4n) is 1.47. The smallest absolute Gasteiger partial charge is 0.131 e. The van der Waals surface area contributed by atoms with E-state index in [2.05, 4.69) is 21.1 Å². The minimum atomic E-state index is 0.577. The highest BCUT2D eigenvalue weighted by molar-refractivity contribution is 9.10. The molecule has 2 aromatic rings. The summed E-state index contributed by atoms with van der Waals surface area (Å²) in [5.41, 5.74) is 8.53. The van der Waals surface area contributed by atoms with Gasteiger partial charge >= 0.3 is 0 Å². The molecule has 0 atom stereocenters. The van der Waals surface area contributed by atoms with Gasteiger partial charge < -0.3 is 10.3 Å². The van der Waals surface area contributed by atoms with Crippen LogP contribution in [0.1, 0.15) is 5.69 Å². The van der Waals surface area contributed by atoms with Crippen molar-refractivity contribution in [1.29, 1.82) is 0 Å². The van der Waals surface area contributed by atoms with Crippen LogP contribution in [0, 0.1) is 0 Å². The van der Waals surface area contributed by atoms with Crippen LogP contribution in [0.15, 0.2) is 39.5 Å². The predicted molar refractivity (Wildman–Crippen MR) is 62.4 cm³/mol. The molecule has 78 valence electrons. The topological polar surface area (TPSA) is 52.0 Å². The summed E-state index contributed by atoms with van der Waals surface area (Å²) in [7, 11) is 0. The van der Waals surface area contributed by atoms with Gasteiger partial charge in [0.2, 0.25) is 0 Å². The van der Waals surface area contributed by atoms with E-state index in [4.69, 9.17) is 10.3 Å². The van der Waals surface area contributed by atoms with Gasteiger partial charge in [-0.15, -0.1) is 0 Å². The molecule has 0 bridgehead atoms. The zero-order valence-corrected chi connectivity index (χ0v) is 9.70. The Labute approximate surface area is 96.4 Å². The molecule has 3 nitrogen and oxygen atoms in total. The van der Waals surface area contributed by atoms with Gasteiger partial charge in [-0.05, 0) is 24.2 Å². The van der Waals surface area contributed by atoms with E-state index in [9.17, 15) is 0 Å². The molecule has 1 aromatic heterocycles. The molecule has 0 radical (unpaired) electrons. The minimum Gasteiger partial charge on any atom is -0.364 e. The van der Waals surface area contributed by atoms with Gasteiger partial charge in [0.1, 0.15) is 6.26 Å². The molecule has 1 heterocycles. The van der Waals surface area contributed by atoms with E-state index >= 15 is 0 Å². The highest BCUT2D eigenvalue weighted by Gasteiger charge is 2.09. The third-order valence-electron chi connectivity index (χ3n) is 2.16. The van der Waals surface area contributed by atoms with Crippen molar-refractivity contribution < 1.29 is 4.52 Å². The summed E-state index contributed by atoms with van der Waals surface area (Å²) in [6.45, 7) is 0.577. The van der Waals surface area contributed by atoms with Crippen LogP contribution in [0.4, 0.5) is 0 Å². The Morgan fingerprint density at radius 3 is 3.00 bits per heavy atom. The van der Waals surface area contributed by atoms with Crippen LogP contribution < -0.4 is 5.73 Å². The van der Waals surface area contributed by atoms with Crippen molar-refractivity contribution in [2.24, 2.45) is 5.73 Å². The van der Waals surface area contributed by atoms with Gasteiger partial charge in [0.05, 0.1) is 5.69 Å². The third kappa shape index (κ3) is 2.27. The third-order valence-corrected chi connectivity index (χ3v) is 2.65. The molecular formula is C11H11BrN2O. The van der Waals surface area contributed by atoms with E-state index in [1.54, 1.807) is 6.26 Å². The quantitative estimate of drug-likeness (QED) is 0.929. The predicted octanol–water partition coefficient (Wildman–Crippen LogP) is 2.61. The number of halogens is 1. The lowest BCUT2D eigenvalue weighted by Gasteiger charge is -2.00. The Bertz CT molecular complexity index is 453. The first-order valence-corrected chi connectivity index (χ1v) is 5.50. The molecule has 0 fully saturated rings. The molecule has 2 N–H and O–H groups in total. The number of rotatable bonds is 3. The maximum Gasteiger partial charge on any atom is 0.131 e. The lowest BCUT2D eigenvalue weighted by molar-refractivity contribution is 0.412. The van der Waals surface area contributed by atoms with Crippen molar-refractivity contribution in [3.05, 3.63) is 40.7 Å². The minimum absolute atomic E-state index is 0.577. The van der Waals surface area contributed by atoms with Gasteiger partial charge in [-0.3, -0.25) is 0 Å². The molecule has 0 saturated heterocycles. The van der Waals surface area contributed by atoms with E-state index in [0.29, 0.717) is 6.54 Å². The molecular weight excluding hydrogens is 256 g/mol. The molecule has 2 rings (SSSR count). The second-order valence-corrected chi connectivity index (χ2v) is 4.14.